The average Bonchev–Trinajstić information content (AvgIpc) is 3.30. The van der Waals surface area contributed by atoms with Crippen molar-refractivity contribution in [3.8, 4) is 11.3 Å². The quantitative estimate of drug-likeness (QED) is 0.517. The van der Waals surface area contributed by atoms with Gasteiger partial charge in [-0.3, -0.25) is 9.89 Å². The molecule has 4 rings (SSSR count). The number of rotatable bonds is 4. The third kappa shape index (κ3) is 4.41. The molecule has 6 nitrogen and oxygen atoms in total. The van der Waals surface area contributed by atoms with Crippen molar-refractivity contribution >= 4 is 23.0 Å². The molecule has 0 bridgehead atoms. The van der Waals surface area contributed by atoms with Gasteiger partial charge in [0, 0.05) is 35.1 Å². The van der Waals surface area contributed by atoms with Gasteiger partial charge in [-0.05, 0) is 43.7 Å². The van der Waals surface area contributed by atoms with E-state index >= 15 is 0 Å². The molecule has 0 amide bonds. The minimum Gasteiger partial charge on any atom is -0.292 e. The Labute approximate surface area is 162 Å². The highest BCUT2D eigenvalue weighted by molar-refractivity contribution is 6.30. The first-order valence-corrected chi connectivity index (χ1v) is 9.06. The smallest absolute Gasteiger partial charge is 0.183 e. The van der Waals surface area contributed by atoms with Gasteiger partial charge in [-0.1, -0.05) is 30.7 Å². The number of nitrogens with zero attached hydrogens (tertiary/aromatic N) is 4. The summed E-state index contributed by atoms with van der Waals surface area (Å²) in [6.45, 7) is 3.95. The maximum Gasteiger partial charge on any atom is 0.183 e. The van der Waals surface area contributed by atoms with Gasteiger partial charge < -0.3 is 0 Å². The molecular weight excluding hydrogens is 362 g/mol. The van der Waals surface area contributed by atoms with Gasteiger partial charge in [0.15, 0.2) is 11.4 Å². The molecule has 0 atom stereocenters. The highest BCUT2D eigenvalue weighted by atomic mass is 35.5. The first-order chi connectivity index (χ1) is 13.1. The molecule has 0 aliphatic carbocycles. The van der Waals surface area contributed by atoms with E-state index in [0.29, 0.717) is 22.8 Å². The van der Waals surface area contributed by atoms with E-state index < -0.39 is 0 Å². The molecule has 0 aliphatic rings. The minimum atomic E-state index is 0.0351. The maximum atomic E-state index is 12.3. The van der Waals surface area contributed by atoms with E-state index in [0.717, 1.165) is 23.4 Å². The van der Waals surface area contributed by atoms with Crippen LogP contribution in [0.15, 0.2) is 54.9 Å². The Morgan fingerprint density at radius 3 is 2.52 bits per heavy atom. The topological polar surface area (TPSA) is 75.9 Å². The predicted molar refractivity (Wildman–Crippen MR) is 106 cm³/mol. The first kappa shape index (κ1) is 18.8. The van der Waals surface area contributed by atoms with Crippen LogP contribution in [0, 0.1) is 6.92 Å². The van der Waals surface area contributed by atoms with Crippen molar-refractivity contribution in [2.75, 3.05) is 0 Å². The number of hydrogen-bond donors (Lipinski definition) is 1. The van der Waals surface area contributed by atoms with Gasteiger partial charge in [0.2, 0.25) is 0 Å². The second kappa shape index (κ2) is 8.60. The number of ketones is 1. The third-order valence-electron chi connectivity index (χ3n) is 3.89. The van der Waals surface area contributed by atoms with Gasteiger partial charge in [-0.2, -0.15) is 10.2 Å². The van der Waals surface area contributed by atoms with Gasteiger partial charge >= 0.3 is 0 Å². The number of fused-ring (bicyclic) bond motifs is 1. The van der Waals surface area contributed by atoms with E-state index in [-0.39, 0.29) is 5.78 Å². The number of carbonyl (C=O) groups excluding carboxylic acids is 1. The molecule has 1 N–H and O–H groups in total. The third-order valence-corrected chi connectivity index (χ3v) is 4.14. The average molecular weight is 382 g/mol. The van der Waals surface area contributed by atoms with Crippen molar-refractivity contribution < 1.29 is 4.79 Å². The number of benzene rings is 1. The van der Waals surface area contributed by atoms with Gasteiger partial charge in [0.1, 0.15) is 11.4 Å². The number of imidazole rings is 1. The van der Waals surface area contributed by atoms with Crippen molar-refractivity contribution in [3.63, 3.8) is 0 Å². The Hall–Kier alpha value is -2.99. The Morgan fingerprint density at radius 2 is 1.93 bits per heavy atom. The van der Waals surface area contributed by atoms with Crippen LogP contribution >= 0.6 is 11.6 Å². The zero-order valence-corrected chi connectivity index (χ0v) is 15.9. The molecule has 1 aromatic carbocycles. The molecule has 3 aromatic heterocycles. The molecule has 7 heteroatoms. The van der Waals surface area contributed by atoms with Crippen LogP contribution in [0.4, 0.5) is 0 Å². The Bertz CT molecular complexity index is 1020. The fourth-order valence-electron chi connectivity index (χ4n) is 2.62. The standard InChI is InChI=1S/C16H14ClN3O.C4H6N2/c1-2-4-13(21)15-16(11-6-8-12(17)9-7-11)20-14(19-15)5-3-10-18-20;1-4-2-3-5-6-4/h3,5-10H,2,4H2,1H3;2-3H,1H3,(H,5,6). The lowest BCUT2D eigenvalue weighted by Crippen LogP contribution is -2.02. The largest absolute Gasteiger partial charge is 0.292 e. The van der Waals surface area contributed by atoms with Crippen molar-refractivity contribution in [2.45, 2.75) is 26.7 Å². The van der Waals surface area contributed by atoms with E-state index in [1.165, 1.54) is 0 Å². The first-order valence-electron chi connectivity index (χ1n) is 8.69. The van der Waals surface area contributed by atoms with Crippen LogP contribution in [-0.2, 0) is 0 Å². The van der Waals surface area contributed by atoms with Gasteiger partial charge in [-0.25, -0.2) is 9.50 Å². The van der Waals surface area contributed by atoms with Crippen LogP contribution in [0.1, 0.15) is 35.9 Å². The zero-order valence-electron chi connectivity index (χ0n) is 15.2. The normalized spacial score (nSPS) is 10.5. The van der Waals surface area contributed by atoms with Crippen LogP contribution in [-0.4, -0.2) is 30.6 Å². The summed E-state index contributed by atoms with van der Waals surface area (Å²) in [5.74, 6) is 0.0351. The highest BCUT2D eigenvalue weighted by Crippen LogP contribution is 2.27. The Morgan fingerprint density at radius 1 is 1.15 bits per heavy atom. The van der Waals surface area contributed by atoms with Gasteiger partial charge in [0.05, 0.1) is 0 Å². The molecule has 0 radical (unpaired) electrons. The lowest BCUT2D eigenvalue weighted by Gasteiger charge is -2.04. The summed E-state index contributed by atoms with van der Waals surface area (Å²) in [5.41, 5.74) is 3.85. The highest BCUT2D eigenvalue weighted by Gasteiger charge is 2.20. The Kier molecular flexibility index (Phi) is 5.98. The molecule has 3 heterocycles. The fraction of sp³-hybridized carbons (Fsp3) is 0.200. The van der Waals surface area contributed by atoms with Crippen LogP contribution in [0.25, 0.3) is 16.9 Å². The number of aryl methyl sites for hydroxylation is 1. The molecular formula is C20H20ClN5O. The zero-order chi connectivity index (χ0) is 19.2. The summed E-state index contributed by atoms with van der Waals surface area (Å²) >= 11 is 5.94. The SMILES string of the molecule is CCCC(=O)c1nc2cccnn2c1-c1ccc(Cl)cc1.Cc1ccn[nH]1. The molecule has 27 heavy (non-hydrogen) atoms. The second-order valence-corrected chi connectivity index (χ2v) is 6.46. The van der Waals surface area contributed by atoms with Crippen LogP contribution < -0.4 is 0 Å². The fourth-order valence-corrected chi connectivity index (χ4v) is 2.75. The van der Waals surface area contributed by atoms with Crippen molar-refractivity contribution in [3.05, 3.63) is 71.3 Å². The van der Waals surface area contributed by atoms with E-state index in [2.05, 4.69) is 20.3 Å². The van der Waals surface area contributed by atoms with E-state index in [9.17, 15) is 4.79 Å². The maximum absolute atomic E-state index is 12.3. The van der Waals surface area contributed by atoms with E-state index in [1.807, 2.05) is 44.2 Å². The molecule has 0 saturated heterocycles. The van der Waals surface area contributed by atoms with Gasteiger partial charge in [0.25, 0.3) is 0 Å². The molecule has 0 saturated carbocycles. The van der Waals surface area contributed by atoms with Crippen molar-refractivity contribution in [2.24, 2.45) is 0 Å². The summed E-state index contributed by atoms with van der Waals surface area (Å²) in [7, 11) is 0. The van der Waals surface area contributed by atoms with E-state index in [4.69, 9.17) is 11.6 Å². The summed E-state index contributed by atoms with van der Waals surface area (Å²) < 4.78 is 1.70. The minimum absolute atomic E-state index is 0.0351. The number of Topliss-reactive ketones (excluding diaryl/α,β-unsaturated/α-hetero) is 1. The number of H-pyrrole nitrogens is 1. The number of halogens is 1. The van der Waals surface area contributed by atoms with E-state index in [1.54, 1.807) is 29.0 Å². The molecule has 0 aliphatic heterocycles. The summed E-state index contributed by atoms with van der Waals surface area (Å²) in [4.78, 5) is 16.8. The second-order valence-electron chi connectivity index (χ2n) is 6.02. The summed E-state index contributed by atoms with van der Waals surface area (Å²) in [6.07, 6.45) is 4.68. The summed E-state index contributed by atoms with van der Waals surface area (Å²) in [5, 5.41) is 11.4. The molecule has 138 valence electrons. The van der Waals surface area contributed by atoms with Crippen LogP contribution in [0.2, 0.25) is 5.02 Å². The van der Waals surface area contributed by atoms with Crippen molar-refractivity contribution in [1.29, 1.82) is 0 Å². The molecule has 4 aromatic rings. The number of carbonyl (C=O) groups is 1. The molecule has 0 fully saturated rings. The monoisotopic (exact) mass is 381 g/mol. The number of hydrogen-bond acceptors (Lipinski definition) is 4. The van der Waals surface area contributed by atoms with Crippen LogP contribution in [0.5, 0.6) is 0 Å². The molecule has 0 unspecified atom stereocenters. The lowest BCUT2D eigenvalue weighted by molar-refractivity contribution is 0.0978. The lowest BCUT2D eigenvalue weighted by atomic mass is 10.1. The van der Waals surface area contributed by atoms with Crippen LogP contribution in [0.3, 0.4) is 0 Å². The Balaban J connectivity index is 0.000000299. The van der Waals surface area contributed by atoms with Crippen molar-refractivity contribution in [1.82, 2.24) is 24.8 Å². The van der Waals surface area contributed by atoms with Gasteiger partial charge in [-0.15, -0.1) is 0 Å². The summed E-state index contributed by atoms with van der Waals surface area (Å²) in [6, 6.07) is 12.9. The number of aromatic amines is 1. The predicted octanol–water partition coefficient (Wildman–Crippen LogP) is 4.75. The molecule has 0 spiro atoms. The number of nitrogens with one attached hydrogen (secondary N) is 1. The number of aromatic nitrogens is 5.